The standard InChI is InChI=1S/C9H19NO3/c1-2-8(11)5-7-10-6-3-4-9(12)13/h8,10-11H,2-7H2,1H3,(H,12,13). The van der Waals surface area contributed by atoms with E-state index in [0.29, 0.717) is 13.0 Å². The van der Waals surface area contributed by atoms with Gasteiger partial charge >= 0.3 is 5.97 Å². The van der Waals surface area contributed by atoms with Crippen LogP contribution in [0.25, 0.3) is 0 Å². The van der Waals surface area contributed by atoms with Gasteiger partial charge in [0, 0.05) is 6.42 Å². The van der Waals surface area contributed by atoms with Crippen LogP contribution in [0.3, 0.4) is 0 Å². The van der Waals surface area contributed by atoms with Crippen molar-refractivity contribution in [3.63, 3.8) is 0 Å². The van der Waals surface area contributed by atoms with Gasteiger partial charge in [-0.15, -0.1) is 0 Å². The molecule has 78 valence electrons. The second kappa shape index (κ2) is 8.01. The molecule has 1 atom stereocenters. The van der Waals surface area contributed by atoms with Gasteiger partial charge in [-0.2, -0.15) is 0 Å². The highest BCUT2D eigenvalue weighted by Crippen LogP contribution is 1.94. The molecule has 0 bridgehead atoms. The van der Waals surface area contributed by atoms with Crippen molar-refractivity contribution < 1.29 is 15.0 Å². The van der Waals surface area contributed by atoms with Gasteiger partial charge in [0.05, 0.1) is 6.10 Å². The molecule has 0 aliphatic heterocycles. The van der Waals surface area contributed by atoms with Crippen molar-refractivity contribution >= 4 is 5.97 Å². The number of aliphatic hydroxyl groups excluding tert-OH is 1. The normalized spacial score (nSPS) is 12.8. The summed E-state index contributed by atoms with van der Waals surface area (Å²) in [6.45, 7) is 3.41. The third-order valence-electron chi connectivity index (χ3n) is 1.87. The number of hydrogen-bond donors (Lipinski definition) is 3. The Kier molecular flexibility index (Phi) is 7.63. The molecule has 0 saturated heterocycles. The van der Waals surface area contributed by atoms with Crippen LogP contribution in [0.5, 0.6) is 0 Å². The van der Waals surface area contributed by atoms with Crippen molar-refractivity contribution in [2.75, 3.05) is 13.1 Å². The molecular formula is C9H19NO3. The molecule has 0 aromatic carbocycles. The molecule has 0 amide bonds. The molecule has 0 aromatic heterocycles. The summed E-state index contributed by atoms with van der Waals surface area (Å²) < 4.78 is 0. The Bertz CT molecular complexity index is 139. The molecule has 0 saturated carbocycles. The van der Waals surface area contributed by atoms with E-state index in [-0.39, 0.29) is 12.5 Å². The third-order valence-corrected chi connectivity index (χ3v) is 1.87. The fourth-order valence-corrected chi connectivity index (χ4v) is 0.962. The van der Waals surface area contributed by atoms with Gasteiger partial charge in [-0.25, -0.2) is 0 Å². The first-order chi connectivity index (χ1) is 6.16. The number of carboxylic acids is 1. The minimum absolute atomic E-state index is 0.212. The van der Waals surface area contributed by atoms with Crippen molar-refractivity contribution in [1.29, 1.82) is 0 Å². The summed E-state index contributed by atoms with van der Waals surface area (Å²) in [6.07, 6.45) is 2.15. The fourth-order valence-electron chi connectivity index (χ4n) is 0.962. The van der Waals surface area contributed by atoms with Gasteiger partial charge in [0.1, 0.15) is 0 Å². The zero-order valence-electron chi connectivity index (χ0n) is 8.12. The summed E-state index contributed by atoms with van der Waals surface area (Å²) >= 11 is 0. The summed E-state index contributed by atoms with van der Waals surface area (Å²) in [5, 5.41) is 20.6. The predicted octanol–water partition coefficient (Wildman–Crippen LogP) is 0.602. The second-order valence-electron chi connectivity index (χ2n) is 3.10. The maximum Gasteiger partial charge on any atom is 0.303 e. The largest absolute Gasteiger partial charge is 0.481 e. The van der Waals surface area contributed by atoms with Crippen LogP contribution < -0.4 is 5.32 Å². The lowest BCUT2D eigenvalue weighted by Crippen LogP contribution is -2.21. The van der Waals surface area contributed by atoms with Gasteiger partial charge in [0.15, 0.2) is 0 Å². The van der Waals surface area contributed by atoms with E-state index in [1.54, 1.807) is 0 Å². The molecule has 0 radical (unpaired) electrons. The van der Waals surface area contributed by atoms with E-state index in [2.05, 4.69) is 5.32 Å². The molecule has 4 heteroatoms. The lowest BCUT2D eigenvalue weighted by atomic mass is 10.2. The number of aliphatic carboxylic acids is 1. The predicted molar refractivity (Wildman–Crippen MR) is 50.7 cm³/mol. The van der Waals surface area contributed by atoms with Crippen LogP contribution in [0.15, 0.2) is 0 Å². The van der Waals surface area contributed by atoms with E-state index in [9.17, 15) is 4.79 Å². The average molecular weight is 189 g/mol. The minimum atomic E-state index is -0.754. The Balaban J connectivity index is 3.04. The summed E-state index contributed by atoms with van der Waals surface area (Å²) in [4.78, 5) is 10.1. The molecule has 0 aliphatic carbocycles. The Morgan fingerprint density at radius 2 is 2.15 bits per heavy atom. The number of carbonyl (C=O) groups is 1. The van der Waals surface area contributed by atoms with Crippen LogP contribution in [0.4, 0.5) is 0 Å². The van der Waals surface area contributed by atoms with Gasteiger partial charge < -0.3 is 15.5 Å². The quantitative estimate of drug-likeness (QED) is 0.489. The second-order valence-corrected chi connectivity index (χ2v) is 3.10. The molecular weight excluding hydrogens is 170 g/mol. The van der Waals surface area contributed by atoms with Gasteiger partial charge in [-0.1, -0.05) is 6.92 Å². The Morgan fingerprint density at radius 3 is 2.69 bits per heavy atom. The van der Waals surface area contributed by atoms with Crippen molar-refractivity contribution in [3.8, 4) is 0 Å². The van der Waals surface area contributed by atoms with Gasteiger partial charge in [0.2, 0.25) is 0 Å². The van der Waals surface area contributed by atoms with Crippen LogP contribution in [0.2, 0.25) is 0 Å². The number of hydrogen-bond acceptors (Lipinski definition) is 3. The van der Waals surface area contributed by atoms with Gasteiger partial charge in [0.25, 0.3) is 0 Å². The summed E-state index contributed by atoms with van der Waals surface area (Å²) in [5.41, 5.74) is 0. The van der Waals surface area contributed by atoms with E-state index in [1.807, 2.05) is 6.92 Å². The SMILES string of the molecule is CCC(O)CCNCCCC(=O)O. The van der Waals surface area contributed by atoms with E-state index < -0.39 is 5.97 Å². The zero-order valence-corrected chi connectivity index (χ0v) is 8.12. The first-order valence-electron chi connectivity index (χ1n) is 4.77. The van der Waals surface area contributed by atoms with Crippen LogP contribution in [0.1, 0.15) is 32.6 Å². The third kappa shape index (κ3) is 9.30. The smallest absolute Gasteiger partial charge is 0.303 e. The highest BCUT2D eigenvalue weighted by Gasteiger charge is 1.99. The average Bonchev–Trinajstić information content (AvgIpc) is 2.10. The lowest BCUT2D eigenvalue weighted by molar-refractivity contribution is -0.137. The molecule has 13 heavy (non-hydrogen) atoms. The molecule has 0 rings (SSSR count). The summed E-state index contributed by atoms with van der Waals surface area (Å²) in [6, 6.07) is 0. The fraction of sp³-hybridized carbons (Fsp3) is 0.889. The summed E-state index contributed by atoms with van der Waals surface area (Å²) in [7, 11) is 0. The molecule has 0 spiro atoms. The highest BCUT2D eigenvalue weighted by molar-refractivity contribution is 5.66. The molecule has 0 fully saturated rings. The lowest BCUT2D eigenvalue weighted by Gasteiger charge is -2.07. The van der Waals surface area contributed by atoms with Crippen molar-refractivity contribution in [3.05, 3.63) is 0 Å². The van der Waals surface area contributed by atoms with E-state index >= 15 is 0 Å². The van der Waals surface area contributed by atoms with Crippen LogP contribution in [-0.4, -0.2) is 35.4 Å². The Hall–Kier alpha value is -0.610. The first kappa shape index (κ1) is 12.4. The highest BCUT2D eigenvalue weighted by atomic mass is 16.4. The monoisotopic (exact) mass is 189 g/mol. The minimum Gasteiger partial charge on any atom is -0.481 e. The number of carboxylic acid groups (broad SMARTS) is 1. The molecule has 0 aromatic rings. The Morgan fingerprint density at radius 1 is 1.46 bits per heavy atom. The van der Waals surface area contributed by atoms with Crippen molar-refractivity contribution in [2.45, 2.75) is 38.7 Å². The van der Waals surface area contributed by atoms with Crippen LogP contribution in [0, 0.1) is 0 Å². The van der Waals surface area contributed by atoms with E-state index in [0.717, 1.165) is 19.4 Å². The molecule has 1 unspecified atom stereocenters. The molecule has 3 N–H and O–H groups in total. The van der Waals surface area contributed by atoms with Crippen LogP contribution in [-0.2, 0) is 4.79 Å². The van der Waals surface area contributed by atoms with Crippen molar-refractivity contribution in [2.24, 2.45) is 0 Å². The maximum atomic E-state index is 10.1. The van der Waals surface area contributed by atoms with Gasteiger partial charge in [-0.3, -0.25) is 4.79 Å². The number of rotatable bonds is 8. The number of aliphatic hydroxyl groups is 1. The maximum absolute atomic E-state index is 10.1. The summed E-state index contributed by atoms with van der Waals surface area (Å²) in [5.74, 6) is -0.754. The van der Waals surface area contributed by atoms with Gasteiger partial charge in [-0.05, 0) is 32.4 Å². The Labute approximate surface area is 79.0 Å². The first-order valence-corrected chi connectivity index (χ1v) is 4.77. The topological polar surface area (TPSA) is 69.6 Å². The molecule has 0 aliphatic rings. The van der Waals surface area contributed by atoms with Crippen LogP contribution >= 0.6 is 0 Å². The van der Waals surface area contributed by atoms with E-state index in [4.69, 9.17) is 10.2 Å². The van der Waals surface area contributed by atoms with E-state index in [1.165, 1.54) is 0 Å². The molecule has 0 heterocycles. The molecule has 4 nitrogen and oxygen atoms in total. The van der Waals surface area contributed by atoms with Crippen molar-refractivity contribution in [1.82, 2.24) is 5.32 Å². The zero-order chi connectivity index (χ0) is 10.1. The number of nitrogens with one attached hydrogen (secondary N) is 1.